The van der Waals surface area contributed by atoms with Gasteiger partial charge in [-0.2, -0.15) is 0 Å². The zero-order valence-electron chi connectivity index (χ0n) is 17.8. The molecule has 0 aromatic heterocycles. The molecule has 4 rings (SSSR count). The average molecular weight is 416 g/mol. The number of benzene rings is 3. The van der Waals surface area contributed by atoms with Gasteiger partial charge in [-0.1, -0.05) is 60.7 Å². The van der Waals surface area contributed by atoms with E-state index in [9.17, 15) is 9.59 Å². The topological polar surface area (TPSA) is 52.7 Å². The zero-order chi connectivity index (χ0) is 21.5. The van der Waals surface area contributed by atoms with Crippen LogP contribution < -0.4 is 5.32 Å². The van der Waals surface area contributed by atoms with Crippen LogP contribution in [0.1, 0.15) is 22.3 Å². The van der Waals surface area contributed by atoms with Crippen LogP contribution in [0.15, 0.2) is 72.8 Å². The molecule has 1 fully saturated rings. The first-order chi connectivity index (χ1) is 15.2. The summed E-state index contributed by atoms with van der Waals surface area (Å²) in [5, 5.41) is 5.03. The summed E-state index contributed by atoms with van der Waals surface area (Å²) in [5.41, 5.74) is 1.97. The van der Waals surface area contributed by atoms with Crippen LogP contribution in [0.5, 0.6) is 0 Å². The Kier molecular flexibility index (Phi) is 6.95. The molecule has 1 aliphatic rings. The number of carbonyl (C=O) groups excluding carboxylic acids is 2. The summed E-state index contributed by atoms with van der Waals surface area (Å²) in [7, 11) is 0. The fourth-order valence-corrected chi connectivity index (χ4v) is 4.03. The zero-order valence-corrected chi connectivity index (χ0v) is 17.8. The van der Waals surface area contributed by atoms with Crippen molar-refractivity contribution in [3.63, 3.8) is 0 Å². The molecule has 3 aromatic carbocycles. The van der Waals surface area contributed by atoms with Gasteiger partial charge in [0.15, 0.2) is 0 Å². The van der Waals surface area contributed by atoms with Gasteiger partial charge in [0.1, 0.15) is 0 Å². The molecule has 1 heterocycles. The summed E-state index contributed by atoms with van der Waals surface area (Å²) < 4.78 is 0. The second kappa shape index (κ2) is 10.2. The molecular formula is C26H29N3O2. The maximum atomic E-state index is 12.5. The van der Waals surface area contributed by atoms with E-state index in [1.165, 1.54) is 5.56 Å². The lowest BCUT2D eigenvalue weighted by atomic mass is 10.1. The van der Waals surface area contributed by atoms with Crippen molar-refractivity contribution in [2.75, 3.05) is 39.3 Å². The van der Waals surface area contributed by atoms with Gasteiger partial charge in [0.05, 0.1) is 0 Å². The minimum Gasteiger partial charge on any atom is -0.352 e. The van der Waals surface area contributed by atoms with E-state index in [2.05, 4.69) is 34.5 Å². The average Bonchev–Trinajstić information content (AvgIpc) is 2.83. The third-order valence-electron chi connectivity index (χ3n) is 5.92. The van der Waals surface area contributed by atoms with Crippen molar-refractivity contribution in [1.82, 2.24) is 15.1 Å². The summed E-state index contributed by atoms with van der Waals surface area (Å²) in [6, 6.07) is 24.1. The smallest absolute Gasteiger partial charge is 0.251 e. The van der Waals surface area contributed by atoms with Crippen molar-refractivity contribution in [3.05, 3.63) is 83.9 Å². The highest BCUT2D eigenvalue weighted by atomic mass is 16.2. The minimum absolute atomic E-state index is 0.113. The second-order valence-electron chi connectivity index (χ2n) is 8.03. The van der Waals surface area contributed by atoms with Gasteiger partial charge >= 0.3 is 0 Å². The predicted octanol–water partition coefficient (Wildman–Crippen LogP) is 3.35. The molecule has 0 atom stereocenters. The number of fused-ring (bicyclic) bond motifs is 1. The molecule has 1 N–H and O–H groups in total. The third-order valence-corrected chi connectivity index (χ3v) is 5.92. The first kappa shape index (κ1) is 21.1. The van der Waals surface area contributed by atoms with Gasteiger partial charge in [0.2, 0.25) is 5.91 Å². The number of hydrogen-bond donors (Lipinski definition) is 1. The standard InChI is InChI=1S/C26H29N3O2/c30-25(29-18-16-28(17-19-29)15-13-21-6-2-1-3-7-21)12-14-27-26(31)24-11-10-22-8-4-5-9-23(22)20-24/h1-11,20H,12-19H2,(H,27,31). The number of rotatable bonds is 7. The maximum Gasteiger partial charge on any atom is 0.251 e. The molecule has 5 nitrogen and oxygen atoms in total. The molecule has 0 radical (unpaired) electrons. The second-order valence-corrected chi connectivity index (χ2v) is 8.03. The highest BCUT2D eigenvalue weighted by molar-refractivity contribution is 5.98. The van der Waals surface area contributed by atoms with E-state index in [4.69, 9.17) is 0 Å². The molecule has 1 aliphatic heterocycles. The summed E-state index contributed by atoms with van der Waals surface area (Å²) in [4.78, 5) is 29.3. The van der Waals surface area contributed by atoms with Gasteiger partial charge in [-0.3, -0.25) is 14.5 Å². The van der Waals surface area contributed by atoms with Crippen LogP contribution in [0.3, 0.4) is 0 Å². The summed E-state index contributed by atoms with van der Waals surface area (Å²) in [5.74, 6) is -0.0224. The quantitative estimate of drug-likeness (QED) is 0.644. The SMILES string of the molecule is O=C(NCCC(=O)N1CCN(CCc2ccccc2)CC1)c1ccc2ccccc2c1. The molecule has 0 spiro atoms. The maximum absolute atomic E-state index is 12.5. The van der Waals surface area contributed by atoms with Crippen LogP contribution >= 0.6 is 0 Å². The Morgan fingerprint density at radius 3 is 2.29 bits per heavy atom. The minimum atomic E-state index is -0.135. The van der Waals surface area contributed by atoms with Crippen LogP contribution in [0.25, 0.3) is 10.8 Å². The van der Waals surface area contributed by atoms with Crippen molar-refractivity contribution >= 4 is 22.6 Å². The van der Waals surface area contributed by atoms with Crippen molar-refractivity contribution in [2.24, 2.45) is 0 Å². The Morgan fingerprint density at radius 1 is 0.806 bits per heavy atom. The molecule has 5 heteroatoms. The van der Waals surface area contributed by atoms with Gasteiger partial charge in [-0.25, -0.2) is 0 Å². The summed E-state index contributed by atoms with van der Waals surface area (Å²) >= 11 is 0. The fraction of sp³-hybridized carbons (Fsp3) is 0.308. The highest BCUT2D eigenvalue weighted by Gasteiger charge is 2.20. The largest absolute Gasteiger partial charge is 0.352 e. The van der Waals surface area contributed by atoms with E-state index in [0.29, 0.717) is 18.5 Å². The molecule has 0 unspecified atom stereocenters. The Morgan fingerprint density at radius 2 is 1.52 bits per heavy atom. The van der Waals surface area contributed by atoms with Gasteiger partial charge < -0.3 is 10.2 Å². The summed E-state index contributed by atoms with van der Waals surface area (Å²) in [6.07, 6.45) is 1.37. The van der Waals surface area contributed by atoms with Gasteiger partial charge in [0, 0.05) is 51.3 Å². The lowest BCUT2D eigenvalue weighted by molar-refractivity contribution is -0.132. The lowest BCUT2D eigenvalue weighted by Crippen LogP contribution is -2.49. The number of nitrogens with zero attached hydrogens (tertiary/aromatic N) is 2. The van der Waals surface area contributed by atoms with Gasteiger partial charge in [0.25, 0.3) is 5.91 Å². The number of piperazine rings is 1. The van der Waals surface area contributed by atoms with Crippen molar-refractivity contribution in [3.8, 4) is 0 Å². The summed E-state index contributed by atoms with van der Waals surface area (Å²) in [6.45, 7) is 4.70. The molecule has 0 aliphatic carbocycles. The molecule has 160 valence electrons. The van der Waals surface area contributed by atoms with E-state index < -0.39 is 0 Å². The first-order valence-corrected chi connectivity index (χ1v) is 11.0. The van der Waals surface area contributed by atoms with E-state index in [1.807, 2.05) is 53.4 Å². The van der Waals surface area contributed by atoms with Crippen LogP contribution in [-0.4, -0.2) is 60.9 Å². The van der Waals surface area contributed by atoms with Crippen molar-refractivity contribution in [2.45, 2.75) is 12.8 Å². The molecule has 2 amide bonds. The lowest BCUT2D eigenvalue weighted by Gasteiger charge is -2.34. The van der Waals surface area contributed by atoms with E-state index in [-0.39, 0.29) is 11.8 Å². The Balaban J connectivity index is 1.17. The number of amides is 2. The molecule has 1 saturated heterocycles. The Labute approximate surface area is 183 Å². The van der Waals surface area contributed by atoms with Crippen LogP contribution in [0.2, 0.25) is 0 Å². The van der Waals surface area contributed by atoms with Crippen LogP contribution in [-0.2, 0) is 11.2 Å². The van der Waals surface area contributed by atoms with Crippen molar-refractivity contribution in [1.29, 1.82) is 0 Å². The van der Waals surface area contributed by atoms with E-state index >= 15 is 0 Å². The number of hydrogen-bond acceptors (Lipinski definition) is 3. The monoisotopic (exact) mass is 415 g/mol. The van der Waals surface area contributed by atoms with Gasteiger partial charge in [-0.05, 0) is 34.9 Å². The fourth-order valence-electron chi connectivity index (χ4n) is 4.03. The Hall–Kier alpha value is -3.18. The number of nitrogens with one attached hydrogen (secondary N) is 1. The van der Waals surface area contributed by atoms with Crippen molar-refractivity contribution < 1.29 is 9.59 Å². The van der Waals surface area contributed by atoms with Crippen LogP contribution in [0.4, 0.5) is 0 Å². The predicted molar refractivity (Wildman–Crippen MR) is 124 cm³/mol. The number of carbonyl (C=O) groups is 2. The molecule has 3 aromatic rings. The third kappa shape index (κ3) is 5.70. The molecule has 0 bridgehead atoms. The normalized spacial score (nSPS) is 14.5. The van der Waals surface area contributed by atoms with E-state index in [1.54, 1.807) is 0 Å². The van der Waals surface area contributed by atoms with Gasteiger partial charge in [-0.15, -0.1) is 0 Å². The molecule has 0 saturated carbocycles. The highest BCUT2D eigenvalue weighted by Crippen LogP contribution is 2.15. The van der Waals surface area contributed by atoms with Crippen LogP contribution in [0, 0.1) is 0 Å². The Bertz CT molecular complexity index is 1030. The molecule has 31 heavy (non-hydrogen) atoms. The van der Waals surface area contributed by atoms with E-state index in [0.717, 1.165) is 49.9 Å². The first-order valence-electron chi connectivity index (χ1n) is 11.0. The molecular weight excluding hydrogens is 386 g/mol.